The number of nitrogens with two attached hydrogens (primary N) is 1. The molecule has 0 spiro atoms. The summed E-state index contributed by atoms with van der Waals surface area (Å²) >= 11 is 0. The second-order valence-corrected chi connectivity index (χ2v) is 4.53. The van der Waals surface area contributed by atoms with Crippen LogP contribution in [0.3, 0.4) is 0 Å². The summed E-state index contributed by atoms with van der Waals surface area (Å²) in [5.41, 5.74) is 6.84. The summed E-state index contributed by atoms with van der Waals surface area (Å²) in [6, 6.07) is 6.48. The maximum absolute atomic E-state index is 12.1. The Labute approximate surface area is 113 Å². The Hall–Kier alpha value is -0.870. The van der Waals surface area contributed by atoms with Crippen molar-refractivity contribution in [3.05, 3.63) is 29.8 Å². The van der Waals surface area contributed by atoms with Gasteiger partial charge < -0.3 is 10.5 Å². The Morgan fingerprint density at radius 3 is 2.44 bits per heavy atom. The minimum atomic E-state index is -2.79. The smallest absolute Gasteiger partial charge is 0.387 e. The molecule has 0 saturated heterocycles. The molecule has 0 amide bonds. The minimum Gasteiger partial charge on any atom is -0.435 e. The van der Waals surface area contributed by atoms with E-state index in [4.69, 9.17) is 5.73 Å². The fourth-order valence-electron chi connectivity index (χ4n) is 1.60. The first-order valence-electron chi connectivity index (χ1n) is 5.79. The highest BCUT2D eigenvalue weighted by atomic mass is 35.5. The largest absolute Gasteiger partial charge is 0.435 e. The van der Waals surface area contributed by atoms with E-state index in [2.05, 4.69) is 18.6 Å². The topological polar surface area (TPSA) is 35.2 Å². The molecule has 0 aliphatic rings. The Kier molecular flexibility index (Phi) is 7.87. The third-order valence-corrected chi connectivity index (χ3v) is 2.57. The van der Waals surface area contributed by atoms with Gasteiger partial charge in [0.05, 0.1) is 0 Å². The normalized spacial score (nSPS) is 12.4. The molecule has 0 heterocycles. The number of halogens is 3. The molecule has 0 aromatic heterocycles. The van der Waals surface area contributed by atoms with Gasteiger partial charge in [-0.25, -0.2) is 0 Å². The summed E-state index contributed by atoms with van der Waals surface area (Å²) in [4.78, 5) is 0. The highest BCUT2D eigenvalue weighted by Crippen LogP contribution is 2.23. The van der Waals surface area contributed by atoms with Crippen molar-refractivity contribution < 1.29 is 13.5 Å². The van der Waals surface area contributed by atoms with E-state index < -0.39 is 6.61 Å². The molecule has 0 saturated carbocycles. The predicted octanol–water partition coefficient (Wildman–Crippen LogP) is 4.15. The van der Waals surface area contributed by atoms with E-state index in [0.717, 1.165) is 18.4 Å². The van der Waals surface area contributed by atoms with Gasteiger partial charge in [-0.3, -0.25) is 0 Å². The number of ether oxygens (including phenoxy) is 1. The molecule has 0 aliphatic carbocycles. The molecule has 1 aromatic rings. The molecule has 0 bridgehead atoms. The minimum absolute atomic E-state index is 0. The van der Waals surface area contributed by atoms with Gasteiger partial charge in [-0.05, 0) is 36.5 Å². The van der Waals surface area contributed by atoms with Crippen molar-refractivity contribution in [2.45, 2.75) is 39.3 Å². The van der Waals surface area contributed by atoms with Gasteiger partial charge in [0.25, 0.3) is 0 Å². The van der Waals surface area contributed by atoms with Crippen LogP contribution in [-0.2, 0) is 0 Å². The molecule has 2 N–H and O–H groups in total. The lowest BCUT2D eigenvalue weighted by atomic mass is 9.98. The van der Waals surface area contributed by atoms with Gasteiger partial charge in [-0.2, -0.15) is 8.78 Å². The lowest BCUT2D eigenvalue weighted by Crippen LogP contribution is -2.11. The summed E-state index contributed by atoms with van der Waals surface area (Å²) in [5.74, 6) is 0.749. The predicted molar refractivity (Wildman–Crippen MR) is 71.3 cm³/mol. The molecule has 0 radical (unpaired) electrons. The van der Waals surface area contributed by atoms with Crippen LogP contribution in [0.1, 0.15) is 38.3 Å². The van der Waals surface area contributed by atoms with Gasteiger partial charge in [0, 0.05) is 6.04 Å². The fraction of sp³-hybridized carbons (Fsp3) is 0.538. The van der Waals surface area contributed by atoms with Gasteiger partial charge in [-0.15, -0.1) is 12.4 Å². The summed E-state index contributed by atoms with van der Waals surface area (Å²) in [5, 5.41) is 0. The van der Waals surface area contributed by atoms with E-state index in [1.807, 2.05) is 6.07 Å². The highest BCUT2D eigenvalue weighted by molar-refractivity contribution is 5.85. The monoisotopic (exact) mass is 279 g/mol. The number of benzene rings is 1. The molecule has 0 aliphatic heterocycles. The summed E-state index contributed by atoms with van der Waals surface area (Å²) < 4.78 is 28.4. The second-order valence-electron chi connectivity index (χ2n) is 4.53. The summed E-state index contributed by atoms with van der Waals surface area (Å²) in [6.07, 6.45) is 1.86. The zero-order valence-corrected chi connectivity index (χ0v) is 11.4. The SMILES string of the molecule is CC(C)CC[C@@H](N)c1cccc(OC(F)F)c1.Cl. The van der Waals surface area contributed by atoms with Crippen molar-refractivity contribution in [3.8, 4) is 5.75 Å². The van der Waals surface area contributed by atoms with Crippen LogP contribution in [0, 0.1) is 5.92 Å². The quantitative estimate of drug-likeness (QED) is 0.849. The zero-order chi connectivity index (χ0) is 12.8. The van der Waals surface area contributed by atoms with Crippen LogP contribution in [0.25, 0.3) is 0 Å². The van der Waals surface area contributed by atoms with Crippen LogP contribution in [0.15, 0.2) is 24.3 Å². The molecule has 0 unspecified atom stereocenters. The van der Waals surface area contributed by atoms with E-state index in [-0.39, 0.29) is 24.2 Å². The number of hydrogen-bond acceptors (Lipinski definition) is 2. The second kappa shape index (κ2) is 8.27. The van der Waals surface area contributed by atoms with Crippen molar-refractivity contribution in [2.75, 3.05) is 0 Å². The van der Waals surface area contributed by atoms with E-state index >= 15 is 0 Å². The zero-order valence-electron chi connectivity index (χ0n) is 10.6. The van der Waals surface area contributed by atoms with E-state index in [0.29, 0.717) is 5.92 Å². The van der Waals surface area contributed by atoms with Gasteiger partial charge >= 0.3 is 6.61 Å². The van der Waals surface area contributed by atoms with Crippen LogP contribution < -0.4 is 10.5 Å². The maximum Gasteiger partial charge on any atom is 0.387 e. The lowest BCUT2D eigenvalue weighted by molar-refractivity contribution is -0.0499. The summed E-state index contributed by atoms with van der Waals surface area (Å²) in [7, 11) is 0. The van der Waals surface area contributed by atoms with Crippen LogP contribution in [-0.4, -0.2) is 6.61 Å². The van der Waals surface area contributed by atoms with Crippen LogP contribution in [0.5, 0.6) is 5.75 Å². The van der Waals surface area contributed by atoms with Crippen molar-refractivity contribution in [1.82, 2.24) is 0 Å². The van der Waals surface area contributed by atoms with Crippen LogP contribution >= 0.6 is 12.4 Å². The lowest BCUT2D eigenvalue weighted by Gasteiger charge is -2.14. The highest BCUT2D eigenvalue weighted by Gasteiger charge is 2.10. The Bertz CT molecular complexity index is 348. The third kappa shape index (κ3) is 6.17. The third-order valence-electron chi connectivity index (χ3n) is 2.57. The molecule has 1 aromatic carbocycles. The number of hydrogen-bond donors (Lipinski definition) is 1. The van der Waals surface area contributed by atoms with Crippen molar-refractivity contribution >= 4 is 12.4 Å². The van der Waals surface area contributed by atoms with E-state index in [1.165, 1.54) is 6.07 Å². The fourth-order valence-corrected chi connectivity index (χ4v) is 1.60. The number of alkyl halides is 2. The first-order valence-corrected chi connectivity index (χ1v) is 5.79. The van der Waals surface area contributed by atoms with E-state index in [9.17, 15) is 8.78 Å². The molecular formula is C13H20ClF2NO. The first kappa shape index (κ1) is 17.1. The molecular weight excluding hydrogens is 260 g/mol. The molecule has 18 heavy (non-hydrogen) atoms. The summed E-state index contributed by atoms with van der Waals surface area (Å²) in [6.45, 7) is 1.46. The first-order chi connectivity index (χ1) is 7.99. The van der Waals surface area contributed by atoms with Crippen molar-refractivity contribution in [3.63, 3.8) is 0 Å². The van der Waals surface area contributed by atoms with Gasteiger partial charge in [0.2, 0.25) is 0 Å². The van der Waals surface area contributed by atoms with Crippen LogP contribution in [0.2, 0.25) is 0 Å². The van der Waals surface area contributed by atoms with E-state index in [1.54, 1.807) is 12.1 Å². The Balaban J connectivity index is 0.00000289. The van der Waals surface area contributed by atoms with Crippen molar-refractivity contribution in [2.24, 2.45) is 11.7 Å². The molecule has 5 heteroatoms. The standard InChI is InChI=1S/C13H19F2NO.ClH/c1-9(2)6-7-12(16)10-4-3-5-11(8-10)17-13(14)15;/h3-5,8-9,12-13H,6-7,16H2,1-2H3;1H/t12-;/m1./s1. The molecule has 2 nitrogen and oxygen atoms in total. The average molecular weight is 280 g/mol. The maximum atomic E-state index is 12.1. The van der Waals surface area contributed by atoms with Crippen molar-refractivity contribution in [1.29, 1.82) is 0 Å². The molecule has 0 fully saturated rings. The van der Waals surface area contributed by atoms with Gasteiger partial charge in [0.1, 0.15) is 5.75 Å². The Morgan fingerprint density at radius 1 is 1.22 bits per heavy atom. The molecule has 1 atom stereocenters. The average Bonchev–Trinajstić information content (AvgIpc) is 2.25. The van der Waals surface area contributed by atoms with Gasteiger partial charge in [0.15, 0.2) is 0 Å². The molecule has 104 valence electrons. The number of rotatable bonds is 6. The Morgan fingerprint density at radius 2 is 1.89 bits per heavy atom. The molecule has 1 rings (SSSR count). The van der Waals surface area contributed by atoms with Gasteiger partial charge in [-0.1, -0.05) is 26.0 Å². The van der Waals surface area contributed by atoms with Crippen LogP contribution in [0.4, 0.5) is 8.78 Å².